The number of hydrogen-bond acceptors (Lipinski definition) is 4. The Morgan fingerprint density at radius 1 is 0.714 bits per heavy atom. The third kappa shape index (κ3) is 2.72. The number of nitrogens with zero attached hydrogens (tertiary/aromatic N) is 1. The van der Waals surface area contributed by atoms with Crippen molar-refractivity contribution in [2.75, 3.05) is 10.2 Å². The van der Waals surface area contributed by atoms with Gasteiger partial charge in [-0.25, -0.2) is 4.90 Å². The molecule has 4 aromatic carbocycles. The minimum Gasteiger partial charge on any atom is -0.365 e. The largest absolute Gasteiger partial charge is 0.365 e. The summed E-state index contributed by atoms with van der Waals surface area (Å²) in [6.45, 7) is 0. The summed E-state index contributed by atoms with van der Waals surface area (Å²) >= 11 is 1.01. The molecule has 1 heterocycles. The van der Waals surface area contributed by atoms with Gasteiger partial charge in [0.25, 0.3) is 11.1 Å². The Balaban J connectivity index is 1.51. The van der Waals surface area contributed by atoms with Gasteiger partial charge < -0.3 is 5.32 Å². The van der Waals surface area contributed by atoms with Crippen LogP contribution in [0.4, 0.5) is 16.2 Å². The number of amides is 2. The van der Waals surface area contributed by atoms with E-state index in [0.29, 0.717) is 5.69 Å². The maximum absolute atomic E-state index is 13.1. The number of hydrogen-bond donors (Lipinski definition) is 1. The number of carbonyl (C=O) groups excluding carboxylic acids is 2. The van der Waals surface area contributed by atoms with Crippen molar-refractivity contribution in [3.8, 4) is 0 Å². The van der Waals surface area contributed by atoms with E-state index in [1.54, 1.807) is 0 Å². The molecule has 1 atom stereocenters. The van der Waals surface area contributed by atoms with Crippen LogP contribution in [0.15, 0.2) is 84.9 Å². The lowest BCUT2D eigenvalue weighted by Crippen LogP contribution is -2.34. The van der Waals surface area contributed by atoms with Crippen LogP contribution in [0.1, 0.15) is 0 Å². The average Bonchev–Trinajstić information content (AvgIpc) is 3.01. The van der Waals surface area contributed by atoms with Crippen LogP contribution >= 0.6 is 11.8 Å². The molecule has 5 rings (SSSR count). The molecular weight excluding hydrogens is 368 g/mol. The van der Waals surface area contributed by atoms with Gasteiger partial charge in [0.05, 0.1) is 5.69 Å². The van der Waals surface area contributed by atoms with E-state index in [0.717, 1.165) is 39.0 Å². The summed E-state index contributed by atoms with van der Waals surface area (Å²) in [6, 6.07) is 27.3. The fourth-order valence-electron chi connectivity index (χ4n) is 3.62. The first-order chi connectivity index (χ1) is 13.7. The summed E-state index contributed by atoms with van der Waals surface area (Å²) in [4.78, 5) is 27.1. The van der Waals surface area contributed by atoms with Crippen LogP contribution in [0.25, 0.3) is 21.5 Å². The highest BCUT2D eigenvalue weighted by atomic mass is 32.2. The third-order valence-electron chi connectivity index (χ3n) is 4.93. The number of benzene rings is 4. The van der Waals surface area contributed by atoms with Crippen molar-refractivity contribution in [2.24, 2.45) is 0 Å². The van der Waals surface area contributed by atoms with Crippen LogP contribution in [0, 0.1) is 0 Å². The Morgan fingerprint density at radius 3 is 2.11 bits per heavy atom. The minimum atomic E-state index is -0.655. The highest BCUT2D eigenvalue weighted by Gasteiger charge is 2.41. The minimum absolute atomic E-state index is 0.251. The van der Waals surface area contributed by atoms with Gasteiger partial charge in [0.2, 0.25) is 0 Å². The molecule has 0 bridgehead atoms. The van der Waals surface area contributed by atoms with Crippen LogP contribution in [-0.4, -0.2) is 16.5 Å². The van der Waals surface area contributed by atoms with E-state index in [2.05, 4.69) is 5.32 Å². The molecule has 1 unspecified atom stereocenters. The van der Waals surface area contributed by atoms with Crippen LogP contribution in [-0.2, 0) is 4.79 Å². The van der Waals surface area contributed by atoms with Crippen molar-refractivity contribution < 1.29 is 9.59 Å². The molecule has 4 nitrogen and oxygen atoms in total. The molecule has 1 aliphatic rings. The van der Waals surface area contributed by atoms with E-state index in [4.69, 9.17) is 0 Å². The normalized spacial score (nSPS) is 16.9. The van der Waals surface area contributed by atoms with Crippen molar-refractivity contribution >= 4 is 55.8 Å². The van der Waals surface area contributed by atoms with Crippen molar-refractivity contribution in [1.82, 2.24) is 0 Å². The Labute approximate surface area is 166 Å². The highest BCUT2D eigenvalue weighted by molar-refractivity contribution is 8.16. The second kappa shape index (κ2) is 6.69. The van der Waals surface area contributed by atoms with Gasteiger partial charge in [-0.1, -0.05) is 72.8 Å². The Kier molecular flexibility index (Phi) is 4.02. The zero-order valence-corrected chi connectivity index (χ0v) is 15.6. The molecule has 4 aromatic rings. The Hall–Kier alpha value is -3.31. The summed E-state index contributed by atoms with van der Waals surface area (Å²) < 4.78 is 0. The molecule has 1 fully saturated rings. The van der Waals surface area contributed by atoms with E-state index in [9.17, 15) is 9.59 Å². The zero-order chi connectivity index (χ0) is 19.1. The van der Waals surface area contributed by atoms with Gasteiger partial charge in [-0.15, -0.1) is 0 Å². The molecule has 28 heavy (non-hydrogen) atoms. The van der Waals surface area contributed by atoms with Crippen LogP contribution in [0.3, 0.4) is 0 Å². The summed E-state index contributed by atoms with van der Waals surface area (Å²) in [5.74, 6) is -0.251. The predicted molar refractivity (Wildman–Crippen MR) is 116 cm³/mol. The van der Waals surface area contributed by atoms with Gasteiger partial charge in [0.1, 0.15) is 0 Å². The van der Waals surface area contributed by atoms with Gasteiger partial charge in [-0.3, -0.25) is 9.59 Å². The molecule has 0 aromatic heterocycles. The molecule has 0 aliphatic carbocycles. The smallest absolute Gasteiger partial charge is 0.295 e. The van der Waals surface area contributed by atoms with E-state index in [1.807, 2.05) is 84.9 Å². The standard InChI is InChI=1S/C23H16N2O2S/c26-22-21(24-19-13-5-9-15-7-1-3-11-17(15)19)28-23(27)25(22)20-14-6-10-16-8-2-4-12-18(16)20/h1-14,21,24H. The maximum Gasteiger partial charge on any atom is 0.295 e. The van der Waals surface area contributed by atoms with Gasteiger partial charge in [-0.05, 0) is 34.7 Å². The lowest BCUT2D eigenvalue weighted by Gasteiger charge is -2.17. The van der Waals surface area contributed by atoms with Gasteiger partial charge in [0, 0.05) is 16.5 Å². The van der Waals surface area contributed by atoms with E-state index < -0.39 is 5.37 Å². The fourth-order valence-corrected chi connectivity index (χ4v) is 4.50. The van der Waals surface area contributed by atoms with Gasteiger partial charge >= 0.3 is 0 Å². The summed E-state index contributed by atoms with van der Waals surface area (Å²) in [6.07, 6.45) is 0. The molecule has 0 radical (unpaired) electrons. The predicted octanol–water partition coefficient (Wildman–Crippen LogP) is 5.63. The summed E-state index contributed by atoms with van der Waals surface area (Å²) in [5.41, 5.74) is 1.47. The van der Waals surface area contributed by atoms with Gasteiger partial charge in [0.15, 0.2) is 5.37 Å². The monoisotopic (exact) mass is 384 g/mol. The Bertz CT molecular complexity index is 1230. The SMILES string of the molecule is O=C1SC(Nc2cccc3ccccc23)C(=O)N1c1cccc2ccccc12. The molecule has 2 amide bonds. The van der Waals surface area contributed by atoms with Crippen LogP contribution in [0.5, 0.6) is 0 Å². The van der Waals surface area contributed by atoms with Crippen LogP contribution < -0.4 is 10.2 Å². The molecule has 1 N–H and O–H groups in total. The molecule has 0 saturated carbocycles. The van der Waals surface area contributed by atoms with Crippen molar-refractivity contribution in [2.45, 2.75) is 5.37 Å². The lowest BCUT2D eigenvalue weighted by atomic mass is 10.1. The molecule has 5 heteroatoms. The Morgan fingerprint density at radius 2 is 1.32 bits per heavy atom. The topological polar surface area (TPSA) is 49.4 Å². The van der Waals surface area contributed by atoms with Crippen molar-refractivity contribution in [1.29, 1.82) is 0 Å². The highest BCUT2D eigenvalue weighted by Crippen LogP contribution is 2.37. The average molecular weight is 384 g/mol. The number of thioether (sulfide) groups is 1. The molecule has 136 valence electrons. The number of rotatable bonds is 3. The van der Waals surface area contributed by atoms with E-state index in [1.165, 1.54) is 4.90 Å². The second-order valence-corrected chi connectivity index (χ2v) is 7.66. The maximum atomic E-state index is 13.1. The van der Waals surface area contributed by atoms with Crippen molar-refractivity contribution in [3.63, 3.8) is 0 Å². The lowest BCUT2D eigenvalue weighted by molar-refractivity contribution is -0.116. The fraction of sp³-hybridized carbons (Fsp3) is 0.0435. The molecule has 0 spiro atoms. The molecule has 1 saturated heterocycles. The van der Waals surface area contributed by atoms with Crippen molar-refractivity contribution in [3.05, 3.63) is 84.9 Å². The van der Waals surface area contributed by atoms with Crippen LogP contribution in [0.2, 0.25) is 0 Å². The first kappa shape index (κ1) is 16.8. The second-order valence-electron chi connectivity index (χ2n) is 6.61. The van der Waals surface area contributed by atoms with E-state index >= 15 is 0 Å². The summed E-state index contributed by atoms with van der Waals surface area (Å²) in [7, 11) is 0. The number of carbonyl (C=O) groups is 2. The number of imide groups is 1. The molecular formula is C23H16N2O2S. The zero-order valence-electron chi connectivity index (χ0n) is 14.8. The number of nitrogens with one attached hydrogen (secondary N) is 1. The molecule has 1 aliphatic heterocycles. The van der Waals surface area contributed by atoms with E-state index in [-0.39, 0.29) is 11.1 Å². The first-order valence-electron chi connectivity index (χ1n) is 8.99. The quantitative estimate of drug-likeness (QED) is 0.497. The number of fused-ring (bicyclic) bond motifs is 2. The first-order valence-corrected chi connectivity index (χ1v) is 9.87. The summed E-state index contributed by atoms with van der Waals surface area (Å²) in [5, 5.41) is 6.33. The van der Waals surface area contributed by atoms with Gasteiger partial charge in [-0.2, -0.15) is 0 Å². The number of anilines is 2. The third-order valence-corrected chi connectivity index (χ3v) is 5.87.